The van der Waals surface area contributed by atoms with Crippen LogP contribution < -0.4 is 15.4 Å². The monoisotopic (exact) mass is 289 g/mol. The van der Waals surface area contributed by atoms with Crippen LogP contribution in [0, 0.1) is 6.92 Å². The molecule has 0 unspecified atom stereocenters. The van der Waals surface area contributed by atoms with E-state index in [9.17, 15) is 0 Å². The fourth-order valence-corrected chi connectivity index (χ4v) is 2.98. The summed E-state index contributed by atoms with van der Waals surface area (Å²) in [4.78, 5) is 4.47. The van der Waals surface area contributed by atoms with Gasteiger partial charge in [0.15, 0.2) is 0 Å². The second-order valence-electron chi connectivity index (χ2n) is 4.85. The SMILES string of the molecule is Cc1nc(CCNCc2cccc3c2OCCN3)cs1. The van der Waals surface area contributed by atoms with E-state index in [0.717, 1.165) is 49.1 Å². The number of hydrogen-bond donors (Lipinski definition) is 2. The van der Waals surface area contributed by atoms with Gasteiger partial charge in [-0.25, -0.2) is 4.98 Å². The zero-order chi connectivity index (χ0) is 13.8. The molecule has 0 spiro atoms. The summed E-state index contributed by atoms with van der Waals surface area (Å²) in [6.07, 6.45) is 0.971. The van der Waals surface area contributed by atoms with Crippen molar-refractivity contribution in [2.45, 2.75) is 19.9 Å². The minimum atomic E-state index is 0.738. The lowest BCUT2D eigenvalue weighted by Gasteiger charge is -2.21. The predicted octanol–water partition coefficient (Wildman–Crippen LogP) is 2.59. The number of benzene rings is 1. The van der Waals surface area contributed by atoms with E-state index in [-0.39, 0.29) is 0 Å². The molecule has 0 radical (unpaired) electrons. The molecule has 20 heavy (non-hydrogen) atoms. The van der Waals surface area contributed by atoms with E-state index in [4.69, 9.17) is 4.74 Å². The Labute approximate surface area is 123 Å². The number of rotatable bonds is 5. The van der Waals surface area contributed by atoms with E-state index >= 15 is 0 Å². The van der Waals surface area contributed by atoms with Gasteiger partial charge >= 0.3 is 0 Å². The van der Waals surface area contributed by atoms with Gasteiger partial charge in [0.25, 0.3) is 0 Å². The highest BCUT2D eigenvalue weighted by atomic mass is 32.1. The van der Waals surface area contributed by atoms with Crippen molar-refractivity contribution < 1.29 is 4.74 Å². The van der Waals surface area contributed by atoms with Gasteiger partial charge in [-0.05, 0) is 13.0 Å². The maximum Gasteiger partial charge on any atom is 0.146 e. The molecule has 0 fully saturated rings. The van der Waals surface area contributed by atoms with Crippen LogP contribution in [0.2, 0.25) is 0 Å². The van der Waals surface area contributed by atoms with Gasteiger partial charge in [-0.15, -0.1) is 11.3 Å². The van der Waals surface area contributed by atoms with Gasteiger partial charge < -0.3 is 15.4 Å². The van der Waals surface area contributed by atoms with E-state index in [1.54, 1.807) is 11.3 Å². The van der Waals surface area contributed by atoms with E-state index in [1.165, 1.54) is 11.3 Å². The molecule has 4 nitrogen and oxygen atoms in total. The van der Waals surface area contributed by atoms with Crippen molar-refractivity contribution in [3.63, 3.8) is 0 Å². The number of aromatic nitrogens is 1. The first kappa shape index (κ1) is 13.4. The molecular weight excluding hydrogens is 270 g/mol. The van der Waals surface area contributed by atoms with Crippen LogP contribution >= 0.6 is 11.3 Å². The third kappa shape index (κ3) is 3.11. The number of anilines is 1. The van der Waals surface area contributed by atoms with Crippen LogP contribution in [0.1, 0.15) is 16.3 Å². The van der Waals surface area contributed by atoms with Gasteiger partial charge in [0.05, 0.1) is 16.4 Å². The third-order valence-corrected chi connectivity index (χ3v) is 4.12. The normalized spacial score (nSPS) is 13.4. The molecule has 5 heteroatoms. The first-order chi connectivity index (χ1) is 9.83. The maximum absolute atomic E-state index is 5.76. The lowest BCUT2D eigenvalue weighted by Crippen LogP contribution is -2.22. The Kier molecular flexibility index (Phi) is 4.18. The molecule has 2 N–H and O–H groups in total. The summed E-state index contributed by atoms with van der Waals surface area (Å²) in [7, 11) is 0. The summed E-state index contributed by atoms with van der Waals surface area (Å²) < 4.78 is 5.76. The van der Waals surface area contributed by atoms with E-state index in [0.29, 0.717) is 0 Å². The quantitative estimate of drug-likeness (QED) is 0.831. The van der Waals surface area contributed by atoms with Crippen molar-refractivity contribution in [3.05, 3.63) is 39.8 Å². The van der Waals surface area contributed by atoms with Crippen LogP contribution in [0.25, 0.3) is 0 Å². The fourth-order valence-electron chi connectivity index (χ4n) is 2.34. The molecule has 1 aliphatic heterocycles. The fraction of sp³-hybridized carbons (Fsp3) is 0.400. The summed E-state index contributed by atoms with van der Waals surface area (Å²) >= 11 is 1.71. The molecule has 1 aliphatic rings. The van der Waals surface area contributed by atoms with Crippen molar-refractivity contribution in [2.75, 3.05) is 25.0 Å². The number of aryl methyl sites for hydroxylation is 1. The Morgan fingerprint density at radius 2 is 2.40 bits per heavy atom. The van der Waals surface area contributed by atoms with Crippen LogP contribution in [0.4, 0.5) is 5.69 Å². The first-order valence-electron chi connectivity index (χ1n) is 6.93. The second kappa shape index (κ2) is 6.24. The van der Waals surface area contributed by atoms with Gasteiger partial charge in [0.2, 0.25) is 0 Å². The zero-order valence-corrected chi connectivity index (χ0v) is 12.4. The number of nitrogens with one attached hydrogen (secondary N) is 2. The van der Waals surface area contributed by atoms with Gasteiger partial charge in [-0.3, -0.25) is 0 Å². The molecule has 1 aromatic heterocycles. The molecule has 0 atom stereocenters. The molecule has 0 aliphatic carbocycles. The third-order valence-electron chi connectivity index (χ3n) is 3.30. The van der Waals surface area contributed by atoms with Crippen molar-refractivity contribution in [3.8, 4) is 5.75 Å². The molecule has 0 saturated heterocycles. The van der Waals surface area contributed by atoms with Crippen LogP contribution in [-0.4, -0.2) is 24.7 Å². The van der Waals surface area contributed by atoms with Gasteiger partial charge in [-0.2, -0.15) is 0 Å². The Bertz CT molecular complexity index is 582. The first-order valence-corrected chi connectivity index (χ1v) is 7.81. The highest BCUT2D eigenvalue weighted by Gasteiger charge is 2.13. The van der Waals surface area contributed by atoms with Crippen molar-refractivity contribution >= 4 is 17.0 Å². The van der Waals surface area contributed by atoms with Gasteiger partial charge in [-0.1, -0.05) is 12.1 Å². The minimum absolute atomic E-state index is 0.738. The van der Waals surface area contributed by atoms with E-state index in [1.807, 2.05) is 6.92 Å². The molecule has 3 rings (SSSR count). The van der Waals surface area contributed by atoms with Gasteiger partial charge in [0, 0.05) is 37.0 Å². The van der Waals surface area contributed by atoms with Crippen LogP contribution in [0.5, 0.6) is 5.75 Å². The van der Waals surface area contributed by atoms with E-state index < -0.39 is 0 Å². The topological polar surface area (TPSA) is 46.2 Å². The molecule has 1 aromatic carbocycles. The predicted molar refractivity (Wildman–Crippen MR) is 82.7 cm³/mol. The highest BCUT2D eigenvalue weighted by Crippen LogP contribution is 2.30. The number of fused-ring (bicyclic) bond motifs is 1. The molecule has 0 saturated carbocycles. The summed E-state index contributed by atoms with van der Waals surface area (Å²) in [5, 5.41) is 10.1. The Morgan fingerprint density at radius 3 is 3.25 bits per heavy atom. The average Bonchev–Trinajstić information content (AvgIpc) is 2.89. The van der Waals surface area contributed by atoms with E-state index in [2.05, 4.69) is 39.2 Å². The molecule has 2 heterocycles. The van der Waals surface area contributed by atoms with Crippen molar-refractivity contribution in [2.24, 2.45) is 0 Å². The number of thiazole rings is 1. The number of hydrogen-bond acceptors (Lipinski definition) is 5. The summed E-state index contributed by atoms with van der Waals surface area (Å²) in [6, 6.07) is 6.25. The lowest BCUT2D eigenvalue weighted by atomic mass is 10.1. The van der Waals surface area contributed by atoms with Crippen molar-refractivity contribution in [1.29, 1.82) is 0 Å². The number of para-hydroxylation sites is 1. The van der Waals surface area contributed by atoms with Crippen LogP contribution in [-0.2, 0) is 13.0 Å². The van der Waals surface area contributed by atoms with Crippen LogP contribution in [0.15, 0.2) is 23.6 Å². The standard InChI is InChI=1S/C15H19N3OS/c1-11-18-13(10-20-11)5-6-16-9-12-3-2-4-14-15(12)19-8-7-17-14/h2-4,10,16-17H,5-9H2,1H3. The van der Waals surface area contributed by atoms with Gasteiger partial charge in [0.1, 0.15) is 12.4 Å². The molecule has 0 bridgehead atoms. The highest BCUT2D eigenvalue weighted by molar-refractivity contribution is 7.09. The maximum atomic E-state index is 5.76. The largest absolute Gasteiger partial charge is 0.489 e. The summed E-state index contributed by atoms with van der Waals surface area (Å²) in [5.74, 6) is 0.996. The molecule has 2 aromatic rings. The lowest BCUT2D eigenvalue weighted by molar-refractivity contribution is 0.319. The van der Waals surface area contributed by atoms with Crippen molar-refractivity contribution in [1.82, 2.24) is 10.3 Å². The smallest absolute Gasteiger partial charge is 0.146 e. The minimum Gasteiger partial charge on any atom is -0.489 e. The molecule has 0 amide bonds. The Balaban J connectivity index is 1.53. The second-order valence-corrected chi connectivity index (χ2v) is 5.92. The summed E-state index contributed by atoms with van der Waals surface area (Å²) in [6.45, 7) is 5.42. The average molecular weight is 289 g/mol. The Morgan fingerprint density at radius 1 is 1.45 bits per heavy atom. The molecular formula is C15H19N3OS. The number of nitrogens with zero attached hydrogens (tertiary/aromatic N) is 1. The molecule has 106 valence electrons. The summed E-state index contributed by atoms with van der Waals surface area (Å²) in [5.41, 5.74) is 3.49. The van der Waals surface area contributed by atoms with Crippen LogP contribution in [0.3, 0.4) is 0 Å². The number of ether oxygens (including phenoxy) is 1. The zero-order valence-electron chi connectivity index (χ0n) is 11.6. The Hall–Kier alpha value is -1.59.